The smallest absolute Gasteiger partial charge is 0.119 e. The zero-order valence-electron chi connectivity index (χ0n) is 12.1. The fourth-order valence-corrected chi connectivity index (χ4v) is 2.09. The van der Waals surface area contributed by atoms with Gasteiger partial charge in [0.1, 0.15) is 5.75 Å². The molecule has 0 saturated heterocycles. The SMILES string of the molecule is CCCc1cc(OCC)ccc1C#Cc1ccccc1. The second kappa shape index (κ2) is 7.40. The van der Waals surface area contributed by atoms with Crippen molar-refractivity contribution < 1.29 is 4.74 Å². The number of hydrogen-bond donors (Lipinski definition) is 0. The molecular formula is C19H20O. The van der Waals surface area contributed by atoms with Gasteiger partial charge in [-0.3, -0.25) is 0 Å². The Morgan fingerprint density at radius 3 is 2.45 bits per heavy atom. The Kier molecular flexibility index (Phi) is 5.26. The second-order valence-electron chi connectivity index (χ2n) is 4.62. The molecule has 0 aromatic heterocycles. The van der Waals surface area contributed by atoms with Crippen LogP contribution in [-0.2, 0) is 6.42 Å². The van der Waals surface area contributed by atoms with Crippen molar-refractivity contribution in [3.05, 3.63) is 65.2 Å². The van der Waals surface area contributed by atoms with E-state index in [0.717, 1.165) is 29.7 Å². The third kappa shape index (κ3) is 3.90. The van der Waals surface area contributed by atoms with Crippen LogP contribution in [0, 0.1) is 11.8 Å². The maximum atomic E-state index is 5.56. The summed E-state index contributed by atoms with van der Waals surface area (Å²) in [5, 5.41) is 0. The van der Waals surface area contributed by atoms with Crippen LogP contribution in [0.4, 0.5) is 0 Å². The summed E-state index contributed by atoms with van der Waals surface area (Å²) in [6, 6.07) is 16.3. The van der Waals surface area contributed by atoms with E-state index >= 15 is 0 Å². The molecule has 20 heavy (non-hydrogen) atoms. The average molecular weight is 264 g/mol. The van der Waals surface area contributed by atoms with E-state index in [9.17, 15) is 0 Å². The first-order valence-electron chi connectivity index (χ1n) is 7.16. The third-order valence-corrected chi connectivity index (χ3v) is 3.02. The highest BCUT2D eigenvalue weighted by atomic mass is 16.5. The molecule has 0 bridgehead atoms. The maximum Gasteiger partial charge on any atom is 0.119 e. The molecular weight excluding hydrogens is 244 g/mol. The van der Waals surface area contributed by atoms with Crippen LogP contribution in [0.5, 0.6) is 5.75 Å². The summed E-state index contributed by atoms with van der Waals surface area (Å²) >= 11 is 0. The zero-order valence-corrected chi connectivity index (χ0v) is 12.1. The van der Waals surface area contributed by atoms with Gasteiger partial charge in [0.25, 0.3) is 0 Å². The highest BCUT2D eigenvalue weighted by molar-refractivity contribution is 5.49. The van der Waals surface area contributed by atoms with Gasteiger partial charge in [-0.05, 0) is 49.2 Å². The molecule has 2 aromatic rings. The Bertz CT molecular complexity index is 603. The summed E-state index contributed by atoms with van der Waals surface area (Å²) < 4.78 is 5.56. The van der Waals surface area contributed by atoms with Gasteiger partial charge in [-0.25, -0.2) is 0 Å². The monoisotopic (exact) mass is 264 g/mol. The number of rotatable bonds is 4. The van der Waals surface area contributed by atoms with Gasteiger partial charge in [0.2, 0.25) is 0 Å². The van der Waals surface area contributed by atoms with Crippen LogP contribution in [0.2, 0.25) is 0 Å². The average Bonchev–Trinajstić information content (AvgIpc) is 2.48. The molecule has 0 aliphatic heterocycles. The van der Waals surface area contributed by atoms with E-state index in [4.69, 9.17) is 4.74 Å². The predicted octanol–water partition coefficient (Wildman–Crippen LogP) is 4.44. The lowest BCUT2D eigenvalue weighted by Crippen LogP contribution is -1.95. The normalized spacial score (nSPS) is 9.70. The van der Waals surface area contributed by atoms with Crippen molar-refractivity contribution in [3.63, 3.8) is 0 Å². The number of hydrogen-bond acceptors (Lipinski definition) is 1. The number of aryl methyl sites for hydroxylation is 1. The quantitative estimate of drug-likeness (QED) is 0.742. The Labute approximate surface area is 121 Å². The Hall–Kier alpha value is -2.20. The molecule has 0 atom stereocenters. The van der Waals surface area contributed by atoms with E-state index in [2.05, 4.69) is 30.9 Å². The van der Waals surface area contributed by atoms with Crippen LogP contribution in [-0.4, -0.2) is 6.61 Å². The van der Waals surface area contributed by atoms with E-state index in [1.807, 2.05) is 43.3 Å². The highest BCUT2D eigenvalue weighted by Crippen LogP contribution is 2.19. The Morgan fingerprint density at radius 2 is 1.75 bits per heavy atom. The van der Waals surface area contributed by atoms with Crippen molar-refractivity contribution in [2.45, 2.75) is 26.7 Å². The summed E-state index contributed by atoms with van der Waals surface area (Å²) in [4.78, 5) is 0. The van der Waals surface area contributed by atoms with E-state index in [1.165, 1.54) is 5.56 Å². The fraction of sp³-hybridized carbons (Fsp3) is 0.263. The van der Waals surface area contributed by atoms with Gasteiger partial charge >= 0.3 is 0 Å². The number of benzene rings is 2. The standard InChI is InChI=1S/C19H20O/c1-3-8-18-15-19(20-4-2)14-13-17(18)12-11-16-9-6-5-7-10-16/h5-7,9-10,13-15H,3-4,8H2,1-2H3. The largest absolute Gasteiger partial charge is 0.494 e. The molecule has 0 aliphatic carbocycles. The summed E-state index contributed by atoms with van der Waals surface area (Å²) in [6.07, 6.45) is 2.13. The molecule has 0 N–H and O–H groups in total. The Balaban J connectivity index is 2.29. The lowest BCUT2D eigenvalue weighted by molar-refractivity contribution is 0.340. The molecule has 0 radical (unpaired) electrons. The maximum absolute atomic E-state index is 5.56. The van der Waals surface area contributed by atoms with Crippen molar-refractivity contribution in [3.8, 4) is 17.6 Å². The van der Waals surface area contributed by atoms with Crippen molar-refractivity contribution in [1.29, 1.82) is 0 Å². The molecule has 0 fully saturated rings. The van der Waals surface area contributed by atoms with Crippen LogP contribution in [0.25, 0.3) is 0 Å². The molecule has 2 rings (SSSR count). The lowest BCUT2D eigenvalue weighted by Gasteiger charge is -2.07. The van der Waals surface area contributed by atoms with E-state index in [0.29, 0.717) is 6.61 Å². The van der Waals surface area contributed by atoms with Crippen molar-refractivity contribution in [2.24, 2.45) is 0 Å². The van der Waals surface area contributed by atoms with Crippen LogP contribution < -0.4 is 4.74 Å². The van der Waals surface area contributed by atoms with Crippen molar-refractivity contribution in [2.75, 3.05) is 6.61 Å². The fourth-order valence-electron chi connectivity index (χ4n) is 2.09. The molecule has 102 valence electrons. The number of ether oxygens (including phenoxy) is 1. The topological polar surface area (TPSA) is 9.23 Å². The van der Waals surface area contributed by atoms with Gasteiger partial charge in [-0.1, -0.05) is 43.4 Å². The molecule has 0 amide bonds. The van der Waals surface area contributed by atoms with Crippen LogP contribution in [0.1, 0.15) is 37.0 Å². The van der Waals surface area contributed by atoms with Gasteiger partial charge < -0.3 is 4.74 Å². The summed E-state index contributed by atoms with van der Waals surface area (Å²) in [7, 11) is 0. The molecule has 1 nitrogen and oxygen atoms in total. The highest BCUT2D eigenvalue weighted by Gasteiger charge is 2.02. The second-order valence-corrected chi connectivity index (χ2v) is 4.62. The first-order chi connectivity index (χ1) is 9.83. The van der Waals surface area contributed by atoms with Crippen LogP contribution >= 0.6 is 0 Å². The van der Waals surface area contributed by atoms with Crippen molar-refractivity contribution in [1.82, 2.24) is 0 Å². The van der Waals surface area contributed by atoms with Crippen molar-refractivity contribution >= 4 is 0 Å². The molecule has 0 heterocycles. The van der Waals surface area contributed by atoms with Gasteiger partial charge in [0, 0.05) is 11.1 Å². The summed E-state index contributed by atoms with van der Waals surface area (Å²) in [6.45, 7) is 4.88. The lowest BCUT2D eigenvalue weighted by atomic mass is 10.0. The van der Waals surface area contributed by atoms with Gasteiger partial charge in [-0.15, -0.1) is 0 Å². The third-order valence-electron chi connectivity index (χ3n) is 3.02. The first-order valence-corrected chi connectivity index (χ1v) is 7.16. The van der Waals surface area contributed by atoms with Gasteiger partial charge in [0.05, 0.1) is 6.61 Å². The van der Waals surface area contributed by atoms with Crippen LogP contribution in [0.3, 0.4) is 0 Å². The predicted molar refractivity (Wildman–Crippen MR) is 84.0 cm³/mol. The molecule has 0 unspecified atom stereocenters. The van der Waals surface area contributed by atoms with Gasteiger partial charge in [0.15, 0.2) is 0 Å². The molecule has 0 spiro atoms. The van der Waals surface area contributed by atoms with E-state index < -0.39 is 0 Å². The molecule has 2 aromatic carbocycles. The molecule has 0 saturated carbocycles. The molecule has 1 heteroatoms. The minimum absolute atomic E-state index is 0.695. The van der Waals surface area contributed by atoms with Gasteiger partial charge in [-0.2, -0.15) is 0 Å². The molecule has 0 aliphatic rings. The van der Waals surface area contributed by atoms with E-state index in [1.54, 1.807) is 0 Å². The minimum Gasteiger partial charge on any atom is -0.494 e. The summed E-state index contributed by atoms with van der Waals surface area (Å²) in [5.74, 6) is 7.43. The Morgan fingerprint density at radius 1 is 0.950 bits per heavy atom. The first kappa shape index (κ1) is 14.2. The van der Waals surface area contributed by atoms with E-state index in [-0.39, 0.29) is 0 Å². The summed E-state index contributed by atoms with van der Waals surface area (Å²) in [5.41, 5.74) is 3.41. The van der Waals surface area contributed by atoms with Crippen LogP contribution in [0.15, 0.2) is 48.5 Å². The minimum atomic E-state index is 0.695. The zero-order chi connectivity index (χ0) is 14.2.